The molecule has 0 amide bonds. The second-order valence-electron chi connectivity index (χ2n) is 8.05. The van der Waals surface area contributed by atoms with Crippen molar-refractivity contribution in [3.05, 3.63) is 45.7 Å². The molecule has 1 aliphatic rings. The van der Waals surface area contributed by atoms with Crippen LogP contribution in [0.15, 0.2) is 29.3 Å². The molecular weight excluding hydrogens is 498 g/mol. The number of aromatic amines is 1. The lowest BCUT2D eigenvalue weighted by molar-refractivity contribution is 0.431. The Morgan fingerprint density at radius 1 is 1.25 bits per heavy atom. The molecule has 0 bridgehead atoms. The van der Waals surface area contributed by atoms with Gasteiger partial charge in [0.15, 0.2) is 17.3 Å². The van der Waals surface area contributed by atoms with Gasteiger partial charge in [-0.2, -0.15) is 5.21 Å². The van der Waals surface area contributed by atoms with E-state index in [4.69, 9.17) is 23.1 Å². The first-order valence-electron chi connectivity index (χ1n) is 10.1. The summed E-state index contributed by atoms with van der Waals surface area (Å²) in [5.74, 6) is 1.03. The Morgan fingerprint density at radius 3 is 2.94 bits per heavy atom. The van der Waals surface area contributed by atoms with Crippen LogP contribution in [0.3, 0.4) is 0 Å². The molecule has 13 heteroatoms. The van der Waals surface area contributed by atoms with E-state index in [0.717, 1.165) is 35.1 Å². The van der Waals surface area contributed by atoms with Gasteiger partial charge in [0, 0.05) is 45.8 Å². The van der Waals surface area contributed by atoms with E-state index in [9.17, 15) is 0 Å². The van der Waals surface area contributed by atoms with Crippen LogP contribution in [0, 0.1) is 0 Å². The molecule has 1 saturated heterocycles. The summed E-state index contributed by atoms with van der Waals surface area (Å²) < 4.78 is 2.86. The molecule has 0 spiro atoms. The quantitative estimate of drug-likeness (QED) is 0.347. The Balaban J connectivity index is 1.42. The zero-order valence-corrected chi connectivity index (χ0v) is 19.4. The summed E-state index contributed by atoms with van der Waals surface area (Å²) in [5.41, 5.74) is 15.7. The lowest BCUT2D eigenvalue weighted by Crippen LogP contribution is -2.43. The van der Waals surface area contributed by atoms with Crippen molar-refractivity contribution in [1.82, 2.24) is 40.1 Å². The number of aryl methyl sites for hydroxylation is 1. The number of aromatic nitrogens is 8. The van der Waals surface area contributed by atoms with E-state index in [2.05, 4.69) is 56.4 Å². The lowest BCUT2D eigenvalue weighted by atomic mass is 9.93. The highest BCUT2D eigenvalue weighted by Gasteiger charge is 2.35. The third-order valence-corrected chi connectivity index (χ3v) is 6.78. The second kappa shape index (κ2) is 8.26. The topological polar surface area (TPSA) is 153 Å². The second-order valence-corrected chi connectivity index (χ2v) is 9.34. The van der Waals surface area contributed by atoms with Crippen molar-refractivity contribution < 1.29 is 0 Å². The van der Waals surface area contributed by atoms with Crippen LogP contribution in [0.5, 0.6) is 0 Å². The Hall–Kier alpha value is -2.83. The highest BCUT2D eigenvalue weighted by atomic mass is 79.9. The Labute approximate surface area is 196 Å². The third kappa shape index (κ3) is 4.00. The van der Waals surface area contributed by atoms with Gasteiger partial charge >= 0.3 is 0 Å². The van der Waals surface area contributed by atoms with E-state index >= 15 is 0 Å². The number of nitrogens with zero attached hydrogens (tertiary/aromatic N) is 8. The molecule has 4 heterocycles. The summed E-state index contributed by atoms with van der Waals surface area (Å²) in [4.78, 5) is 15.0. The van der Waals surface area contributed by atoms with Crippen LogP contribution in [0.2, 0.25) is 5.02 Å². The fourth-order valence-corrected chi connectivity index (χ4v) is 5.09. The van der Waals surface area contributed by atoms with Gasteiger partial charge < -0.3 is 20.9 Å². The number of nitrogen functional groups attached to an aromatic ring is 1. The molecule has 5 rings (SSSR count). The van der Waals surface area contributed by atoms with Crippen LogP contribution in [-0.4, -0.2) is 58.8 Å². The number of hydrogen-bond donors (Lipinski definition) is 3. The van der Waals surface area contributed by atoms with Crippen LogP contribution in [0.25, 0.3) is 11.2 Å². The number of nitrogens with one attached hydrogen (secondary N) is 1. The van der Waals surface area contributed by atoms with Crippen LogP contribution >= 0.6 is 27.5 Å². The smallest absolute Gasteiger partial charge is 0.174 e. The minimum Gasteiger partial charge on any atom is -0.382 e. The van der Waals surface area contributed by atoms with Crippen molar-refractivity contribution in [3.63, 3.8) is 0 Å². The zero-order valence-electron chi connectivity index (χ0n) is 17.0. The fourth-order valence-electron chi connectivity index (χ4n) is 4.17. The Bertz CT molecular complexity index is 1260. The average Bonchev–Trinajstić information content (AvgIpc) is 3.50. The summed E-state index contributed by atoms with van der Waals surface area (Å²) in [6, 6.07) is 3.87. The fraction of sp³-hybridized carbons (Fsp3) is 0.368. The molecule has 11 nitrogen and oxygen atoms in total. The number of imidazole rings is 1. The number of anilines is 2. The molecule has 166 valence electrons. The number of benzene rings is 1. The predicted molar refractivity (Wildman–Crippen MR) is 124 cm³/mol. The lowest BCUT2D eigenvalue weighted by Gasteiger charge is -2.27. The SMILES string of the molecule is Nc1ncnc2c1ncn2Cc1c(Br)cc(Cl)cc1N1CC[C@](N)(CCc2nn[nH]n2)C1. The Kier molecular flexibility index (Phi) is 5.43. The number of halogens is 2. The molecule has 1 fully saturated rings. The molecule has 1 aromatic carbocycles. The van der Waals surface area contributed by atoms with Gasteiger partial charge in [0.05, 0.1) is 12.9 Å². The maximum Gasteiger partial charge on any atom is 0.174 e. The van der Waals surface area contributed by atoms with Crippen molar-refractivity contribution in [2.24, 2.45) is 5.73 Å². The molecule has 4 aromatic rings. The first-order chi connectivity index (χ1) is 15.4. The summed E-state index contributed by atoms with van der Waals surface area (Å²) in [6.07, 6.45) is 5.47. The van der Waals surface area contributed by atoms with Crippen molar-refractivity contribution >= 4 is 50.2 Å². The van der Waals surface area contributed by atoms with E-state index in [0.29, 0.717) is 47.3 Å². The minimum atomic E-state index is -0.351. The maximum atomic E-state index is 6.74. The summed E-state index contributed by atoms with van der Waals surface area (Å²) in [5, 5.41) is 14.8. The highest BCUT2D eigenvalue weighted by molar-refractivity contribution is 9.10. The molecule has 5 N–H and O–H groups in total. The largest absolute Gasteiger partial charge is 0.382 e. The van der Waals surface area contributed by atoms with Gasteiger partial charge in [0.1, 0.15) is 11.8 Å². The van der Waals surface area contributed by atoms with Gasteiger partial charge in [-0.3, -0.25) is 0 Å². The zero-order chi connectivity index (χ0) is 22.3. The van der Waals surface area contributed by atoms with Crippen LogP contribution in [0.4, 0.5) is 11.5 Å². The van der Waals surface area contributed by atoms with Crippen LogP contribution < -0.4 is 16.4 Å². The first-order valence-corrected chi connectivity index (χ1v) is 11.2. The van der Waals surface area contributed by atoms with Crippen molar-refractivity contribution in [3.8, 4) is 0 Å². The normalized spacial score (nSPS) is 18.7. The molecule has 1 atom stereocenters. The molecule has 0 aliphatic carbocycles. The molecule has 3 aromatic heterocycles. The molecule has 0 radical (unpaired) electrons. The number of tetrazole rings is 1. The monoisotopic (exact) mass is 517 g/mol. The highest BCUT2D eigenvalue weighted by Crippen LogP contribution is 2.37. The first kappa shape index (κ1) is 21.0. The van der Waals surface area contributed by atoms with E-state index in [-0.39, 0.29) is 5.54 Å². The third-order valence-electron chi connectivity index (χ3n) is 5.86. The van der Waals surface area contributed by atoms with Gasteiger partial charge in [-0.25, -0.2) is 15.0 Å². The van der Waals surface area contributed by atoms with Crippen molar-refractivity contribution in [1.29, 1.82) is 0 Å². The number of hydrogen-bond acceptors (Lipinski definition) is 9. The summed E-state index contributed by atoms with van der Waals surface area (Å²) in [7, 11) is 0. The van der Waals surface area contributed by atoms with Crippen molar-refractivity contribution in [2.45, 2.75) is 31.3 Å². The number of H-pyrrole nitrogens is 1. The number of fused-ring (bicyclic) bond motifs is 1. The van der Waals surface area contributed by atoms with E-state index in [1.54, 1.807) is 6.33 Å². The summed E-state index contributed by atoms with van der Waals surface area (Å²) in [6.45, 7) is 2.06. The summed E-state index contributed by atoms with van der Waals surface area (Å²) >= 11 is 10.1. The standard InChI is InChI=1S/C19H21BrClN11/c20-13-5-11(21)6-14(12(13)7-32-10-26-16-17(22)24-9-25-18(16)32)31-4-3-19(23,8-31)2-1-15-27-29-30-28-15/h5-6,9-10H,1-4,7-8,23H2,(H2,22,24,25)(H,27,28,29,30)/t19-/m1/s1. The van der Waals surface area contributed by atoms with Gasteiger partial charge in [-0.05, 0) is 25.0 Å². The average molecular weight is 519 g/mol. The van der Waals surface area contributed by atoms with Gasteiger partial charge in [-0.15, -0.1) is 10.2 Å². The number of rotatable bonds is 6. The van der Waals surface area contributed by atoms with E-state index in [1.807, 2.05) is 16.7 Å². The Morgan fingerprint density at radius 2 is 2.12 bits per heavy atom. The van der Waals surface area contributed by atoms with Gasteiger partial charge in [0.2, 0.25) is 0 Å². The predicted octanol–water partition coefficient (Wildman–Crippen LogP) is 1.93. The molecular formula is C19H21BrClN11. The number of nitrogens with two attached hydrogens (primary N) is 2. The van der Waals surface area contributed by atoms with Crippen LogP contribution in [0.1, 0.15) is 24.2 Å². The molecule has 0 saturated carbocycles. The van der Waals surface area contributed by atoms with Crippen LogP contribution in [-0.2, 0) is 13.0 Å². The van der Waals surface area contributed by atoms with Gasteiger partial charge in [0.25, 0.3) is 0 Å². The van der Waals surface area contributed by atoms with E-state index < -0.39 is 0 Å². The molecule has 0 unspecified atom stereocenters. The van der Waals surface area contributed by atoms with Crippen molar-refractivity contribution in [2.75, 3.05) is 23.7 Å². The molecule has 32 heavy (non-hydrogen) atoms. The molecule has 1 aliphatic heterocycles. The maximum absolute atomic E-state index is 6.74. The van der Waals surface area contributed by atoms with Gasteiger partial charge in [-0.1, -0.05) is 32.7 Å². The minimum absolute atomic E-state index is 0.351. The van der Waals surface area contributed by atoms with E-state index in [1.165, 1.54) is 6.33 Å².